The first kappa shape index (κ1) is 15.0. The molecule has 5 nitrogen and oxygen atoms in total. The van der Waals surface area contributed by atoms with E-state index >= 15 is 0 Å². The quantitative estimate of drug-likeness (QED) is 0.741. The lowest BCUT2D eigenvalue weighted by atomic mass is 10.0. The summed E-state index contributed by atoms with van der Waals surface area (Å²) in [6.07, 6.45) is 0.252. The van der Waals surface area contributed by atoms with Crippen molar-refractivity contribution in [3.63, 3.8) is 0 Å². The van der Waals surface area contributed by atoms with E-state index in [9.17, 15) is 14.7 Å². The first-order valence-corrected chi connectivity index (χ1v) is 6.15. The standard InChI is InChI=1S/C14H18O5/c1-9(2)19-10-6-7-13(16)11(8-10)12(15)4-3-5-14(17)18/h6-9,16H,3-5H2,1-2H3,(H,17,18). The SMILES string of the molecule is CC(C)Oc1ccc(O)c(C(=O)CCCC(=O)O)c1. The van der Waals surface area contributed by atoms with Crippen molar-refractivity contribution in [3.8, 4) is 11.5 Å². The van der Waals surface area contributed by atoms with Crippen LogP contribution in [0.4, 0.5) is 0 Å². The number of carboxylic acids is 1. The van der Waals surface area contributed by atoms with Crippen molar-refractivity contribution >= 4 is 11.8 Å². The molecule has 0 saturated heterocycles. The van der Waals surface area contributed by atoms with E-state index in [1.807, 2.05) is 13.8 Å². The molecule has 0 unspecified atom stereocenters. The van der Waals surface area contributed by atoms with E-state index < -0.39 is 5.97 Å². The fourth-order valence-electron chi connectivity index (χ4n) is 1.62. The number of aliphatic carboxylic acids is 1. The Morgan fingerprint density at radius 2 is 1.95 bits per heavy atom. The summed E-state index contributed by atoms with van der Waals surface area (Å²) in [5.74, 6) is -0.826. The second kappa shape index (κ2) is 6.78. The highest BCUT2D eigenvalue weighted by Gasteiger charge is 2.13. The summed E-state index contributed by atoms with van der Waals surface area (Å²) >= 11 is 0. The number of aromatic hydroxyl groups is 1. The minimum Gasteiger partial charge on any atom is -0.507 e. The van der Waals surface area contributed by atoms with Gasteiger partial charge in [0, 0.05) is 12.8 Å². The number of ketones is 1. The number of hydrogen-bond donors (Lipinski definition) is 2. The number of rotatable bonds is 7. The third-order valence-electron chi connectivity index (χ3n) is 2.43. The fraction of sp³-hybridized carbons (Fsp3) is 0.429. The van der Waals surface area contributed by atoms with Crippen LogP contribution in [0.3, 0.4) is 0 Å². The van der Waals surface area contributed by atoms with Crippen molar-refractivity contribution in [3.05, 3.63) is 23.8 Å². The fourth-order valence-corrected chi connectivity index (χ4v) is 1.62. The Hall–Kier alpha value is -2.04. The zero-order valence-corrected chi connectivity index (χ0v) is 11.0. The van der Waals surface area contributed by atoms with Gasteiger partial charge in [-0.1, -0.05) is 0 Å². The molecule has 1 aromatic rings. The average Bonchev–Trinajstić information content (AvgIpc) is 2.30. The van der Waals surface area contributed by atoms with Crippen molar-refractivity contribution in [2.75, 3.05) is 0 Å². The van der Waals surface area contributed by atoms with Gasteiger partial charge in [-0.3, -0.25) is 9.59 Å². The molecule has 1 rings (SSSR count). The van der Waals surface area contributed by atoms with Gasteiger partial charge in [-0.15, -0.1) is 0 Å². The van der Waals surface area contributed by atoms with Crippen LogP contribution in [0, 0.1) is 0 Å². The van der Waals surface area contributed by atoms with Gasteiger partial charge in [0.15, 0.2) is 5.78 Å². The Bertz CT molecular complexity index is 465. The van der Waals surface area contributed by atoms with E-state index in [2.05, 4.69) is 0 Å². The molecular weight excluding hydrogens is 248 g/mol. The number of hydrogen-bond acceptors (Lipinski definition) is 4. The average molecular weight is 266 g/mol. The Labute approximate surface area is 111 Å². The topological polar surface area (TPSA) is 83.8 Å². The number of carbonyl (C=O) groups is 2. The van der Waals surface area contributed by atoms with Crippen LogP contribution < -0.4 is 4.74 Å². The van der Waals surface area contributed by atoms with Crippen LogP contribution in [-0.2, 0) is 4.79 Å². The smallest absolute Gasteiger partial charge is 0.303 e. The minimum absolute atomic E-state index is 0.0282. The molecule has 0 aliphatic heterocycles. The first-order valence-electron chi connectivity index (χ1n) is 6.15. The summed E-state index contributed by atoms with van der Waals surface area (Å²) in [6.45, 7) is 3.72. The van der Waals surface area contributed by atoms with Crippen molar-refractivity contribution in [2.24, 2.45) is 0 Å². The summed E-state index contributed by atoms with van der Waals surface area (Å²) in [5.41, 5.74) is 0.170. The van der Waals surface area contributed by atoms with Crippen molar-refractivity contribution in [2.45, 2.75) is 39.2 Å². The molecule has 104 valence electrons. The molecule has 0 bridgehead atoms. The molecule has 2 N–H and O–H groups in total. The van der Waals surface area contributed by atoms with Crippen LogP contribution in [0.25, 0.3) is 0 Å². The first-order chi connectivity index (χ1) is 8.90. The third-order valence-corrected chi connectivity index (χ3v) is 2.43. The summed E-state index contributed by atoms with van der Waals surface area (Å²) in [6, 6.07) is 4.48. The molecule has 5 heteroatoms. The third kappa shape index (κ3) is 4.99. The summed E-state index contributed by atoms with van der Waals surface area (Å²) in [5, 5.41) is 18.2. The van der Waals surface area contributed by atoms with E-state index in [1.54, 1.807) is 6.07 Å². The van der Waals surface area contributed by atoms with E-state index in [1.165, 1.54) is 12.1 Å². The van der Waals surface area contributed by atoms with Gasteiger partial charge in [-0.25, -0.2) is 0 Å². The summed E-state index contributed by atoms with van der Waals surface area (Å²) < 4.78 is 5.45. The van der Waals surface area contributed by atoms with E-state index in [4.69, 9.17) is 9.84 Å². The van der Waals surface area contributed by atoms with Gasteiger partial charge in [0.05, 0.1) is 11.7 Å². The molecule has 0 aliphatic carbocycles. The highest BCUT2D eigenvalue weighted by atomic mass is 16.5. The predicted molar refractivity (Wildman–Crippen MR) is 69.7 cm³/mol. The number of carboxylic acid groups (broad SMARTS) is 1. The molecule has 0 saturated carbocycles. The van der Waals surface area contributed by atoms with E-state index in [-0.39, 0.29) is 42.5 Å². The van der Waals surface area contributed by atoms with Crippen LogP contribution in [0.15, 0.2) is 18.2 Å². The second-order valence-electron chi connectivity index (χ2n) is 4.52. The molecular formula is C14H18O5. The maximum absolute atomic E-state index is 11.9. The normalized spacial score (nSPS) is 10.5. The zero-order chi connectivity index (χ0) is 14.4. The van der Waals surface area contributed by atoms with Gasteiger partial charge >= 0.3 is 5.97 Å². The molecule has 0 heterocycles. The molecule has 0 aromatic heterocycles. The van der Waals surface area contributed by atoms with Crippen LogP contribution in [-0.4, -0.2) is 28.1 Å². The van der Waals surface area contributed by atoms with Gasteiger partial charge in [0.2, 0.25) is 0 Å². The maximum atomic E-state index is 11.9. The number of phenolic OH excluding ortho intramolecular Hbond substituents is 1. The van der Waals surface area contributed by atoms with Crippen molar-refractivity contribution in [1.82, 2.24) is 0 Å². The van der Waals surface area contributed by atoms with Crippen LogP contribution in [0.2, 0.25) is 0 Å². The molecule has 0 radical (unpaired) electrons. The molecule has 19 heavy (non-hydrogen) atoms. The Kier molecular flexibility index (Phi) is 5.36. The number of Topliss-reactive ketones (excluding diaryl/α,β-unsaturated/α-hetero) is 1. The molecule has 1 aromatic carbocycles. The van der Waals surface area contributed by atoms with E-state index in [0.717, 1.165) is 0 Å². The monoisotopic (exact) mass is 266 g/mol. The summed E-state index contributed by atoms with van der Waals surface area (Å²) in [7, 11) is 0. The van der Waals surface area contributed by atoms with Gasteiger partial charge in [-0.2, -0.15) is 0 Å². The van der Waals surface area contributed by atoms with Crippen LogP contribution in [0.5, 0.6) is 11.5 Å². The zero-order valence-electron chi connectivity index (χ0n) is 11.0. The van der Waals surface area contributed by atoms with E-state index in [0.29, 0.717) is 5.75 Å². The molecule has 0 amide bonds. The van der Waals surface area contributed by atoms with Crippen molar-refractivity contribution in [1.29, 1.82) is 0 Å². The molecule has 0 aliphatic rings. The minimum atomic E-state index is -0.936. The molecule has 0 atom stereocenters. The van der Waals surface area contributed by atoms with Crippen LogP contribution in [0.1, 0.15) is 43.5 Å². The van der Waals surface area contributed by atoms with Gasteiger partial charge < -0.3 is 14.9 Å². The Morgan fingerprint density at radius 1 is 1.26 bits per heavy atom. The van der Waals surface area contributed by atoms with Crippen LogP contribution >= 0.6 is 0 Å². The number of benzene rings is 1. The molecule has 0 spiro atoms. The number of carbonyl (C=O) groups excluding carboxylic acids is 1. The largest absolute Gasteiger partial charge is 0.507 e. The lowest BCUT2D eigenvalue weighted by molar-refractivity contribution is -0.137. The maximum Gasteiger partial charge on any atom is 0.303 e. The van der Waals surface area contributed by atoms with Gasteiger partial charge in [-0.05, 0) is 38.5 Å². The summed E-state index contributed by atoms with van der Waals surface area (Å²) in [4.78, 5) is 22.3. The second-order valence-corrected chi connectivity index (χ2v) is 4.52. The highest BCUT2D eigenvalue weighted by molar-refractivity contribution is 5.99. The van der Waals surface area contributed by atoms with Crippen molar-refractivity contribution < 1.29 is 24.5 Å². The molecule has 0 fully saturated rings. The van der Waals surface area contributed by atoms with Gasteiger partial charge in [0.25, 0.3) is 0 Å². The number of phenols is 1. The van der Waals surface area contributed by atoms with Gasteiger partial charge in [0.1, 0.15) is 11.5 Å². The highest BCUT2D eigenvalue weighted by Crippen LogP contribution is 2.25. The lowest BCUT2D eigenvalue weighted by Crippen LogP contribution is -2.07. The predicted octanol–water partition coefficient (Wildman–Crippen LogP) is 2.62. The Morgan fingerprint density at radius 3 is 2.53 bits per heavy atom. The lowest BCUT2D eigenvalue weighted by Gasteiger charge is -2.11. The number of ether oxygens (including phenoxy) is 1. The Balaban J connectivity index is 2.74.